The minimum absolute atomic E-state index is 0.135. The third-order valence-corrected chi connectivity index (χ3v) is 1.45. The second-order valence-corrected chi connectivity index (χ2v) is 2.50. The van der Waals surface area contributed by atoms with Crippen LogP contribution >= 0.6 is 0 Å². The molecule has 2 nitrogen and oxygen atoms in total. The highest BCUT2D eigenvalue weighted by molar-refractivity contribution is 5.45. The molecule has 0 atom stereocenters. The van der Waals surface area contributed by atoms with Crippen molar-refractivity contribution in [1.29, 1.82) is 0 Å². The van der Waals surface area contributed by atoms with Crippen LogP contribution < -0.4 is 5.73 Å². The van der Waals surface area contributed by atoms with Gasteiger partial charge in [0, 0.05) is 19.0 Å². The molecule has 0 aromatic heterocycles. The van der Waals surface area contributed by atoms with E-state index in [0.29, 0.717) is 18.5 Å². The first-order valence-electron chi connectivity index (χ1n) is 3.91. The summed E-state index contributed by atoms with van der Waals surface area (Å²) in [5, 5.41) is 9.22. The summed E-state index contributed by atoms with van der Waals surface area (Å²) in [4.78, 5) is 0. The second-order valence-electron chi connectivity index (χ2n) is 2.50. The summed E-state index contributed by atoms with van der Waals surface area (Å²) < 4.78 is 12.5. The number of rotatable bonds is 1. The molecule has 0 aliphatic heterocycles. The smallest absolute Gasteiger partial charge is 0.134 e. The van der Waals surface area contributed by atoms with Gasteiger partial charge in [-0.15, -0.1) is 0 Å². The van der Waals surface area contributed by atoms with Crippen LogP contribution in [0.15, 0.2) is 18.2 Å². The molecule has 1 aromatic carbocycles. The standard InChI is InChI=1S/C10H10FNO/c11-9-5-4-8(10(13)7-9)3-1-2-6-12/h4-5,7,13H,2,6,12H2. The molecule has 0 heterocycles. The average Bonchev–Trinajstić information content (AvgIpc) is 2.09. The third-order valence-electron chi connectivity index (χ3n) is 1.45. The monoisotopic (exact) mass is 179 g/mol. The molecule has 13 heavy (non-hydrogen) atoms. The first kappa shape index (κ1) is 9.56. The molecule has 3 N–H and O–H groups in total. The van der Waals surface area contributed by atoms with E-state index in [2.05, 4.69) is 11.8 Å². The molecule has 0 fully saturated rings. The summed E-state index contributed by atoms with van der Waals surface area (Å²) in [7, 11) is 0. The van der Waals surface area contributed by atoms with E-state index in [4.69, 9.17) is 5.73 Å². The topological polar surface area (TPSA) is 46.2 Å². The van der Waals surface area contributed by atoms with Crippen molar-refractivity contribution in [2.75, 3.05) is 6.54 Å². The van der Waals surface area contributed by atoms with Crippen LogP contribution in [0.5, 0.6) is 5.75 Å². The van der Waals surface area contributed by atoms with Crippen molar-refractivity contribution in [2.24, 2.45) is 5.73 Å². The zero-order valence-corrected chi connectivity index (χ0v) is 7.05. The molecule has 1 aromatic rings. The molecular formula is C10H10FNO. The summed E-state index contributed by atoms with van der Waals surface area (Å²) >= 11 is 0. The Morgan fingerprint density at radius 2 is 2.23 bits per heavy atom. The normalized spacial score (nSPS) is 9.08. The number of halogens is 1. The summed E-state index contributed by atoms with van der Waals surface area (Å²) in [5.41, 5.74) is 5.66. The van der Waals surface area contributed by atoms with Crippen molar-refractivity contribution in [3.05, 3.63) is 29.6 Å². The minimum atomic E-state index is -0.470. The first-order chi connectivity index (χ1) is 6.24. The van der Waals surface area contributed by atoms with Gasteiger partial charge >= 0.3 is 0 Å². The number of benzene rings is 1. The van der Waals surface area contributed by atoms with Crippen molar-refractivity contribution in [3.63, 3.8) is 0 Å². The molecule has 0 spiro atoms. The Morgan fingerprint density at radius 3 is 2.85 bits per heavy atom. The molecule has 0 saturated carbocycles. The van der Waals surface area contributed by atoms with Gasteiger partial charge < -0.3 is 10.8 Å². The lowest BCUT2D eigenvalue weighted by molar-refractivity contribution is 0.467. The van der Waals surface area contributed by atoms with Crippen molar-refractivity contribution >= 4 is 0 Å². The van der Waals surface area contributed by atoms with Crippen LogP contribution in [0.3, 0.4) is 0 Å². The van der Waals surface area contributed by atoms with E-state index >= 15 is 0 Å². The number of aromatic hydroxyl groups is 1. The van der Waals surface area contributed by atoms with Crippen molar-refractivity contribution in [2.45, 2.75) is 6.42 Å². The minimum Gasteiger partial charge on any atom is -0.507 e. The zero-order chi connectivity index (χ0) is 9.68. The van der Waals surface area contributed by atoms with E-state index in [1.807, 2.05) is 0 Å². The second kappa shape index (κ2) is 4.48. The lowest BCUT2D eigenvalue weighted by atomic mass is 10.2. The molecule has 0 unspecified atom stereocenters. The van der Waals surface area contributed by atoms with E-state index in [-0.39, 0.29) is 5.75 Å². The maximum absolute atomic E-state index is 12.5. The number of nitrogens with two attached hydrogens (primary N) is 1. The average molecular weight is 179 g/mol. The van der Waals surface area contributed by atoms with Crippen LogP contribution in [0, 0.1) is 17.7 Å². The summed E-state index contributed by atoms with van der Waals surface area (Å²) in [6.07, 6.45) is 0.566. The Labute approximate surface area is 76.2 Å². The highest BCUT2D eigenvalue weighted by atomic mass is 19.1. The van der Waals surface area contributed by atoms with Crippen LogP contribution in [0.1, 0.15) is 12.0 Å². The molecule has 0 bridgehead atoms. The van der Waals surface area contributed by atoms with E-state index in [0.717, 1.165) is 6.07 Å². The van der Waals surface area contributed by atoms with Crippen LogP contribution in [-0.4, -0.2) is 11.7 Å². The third kappa shape index (κ3) is 2.77. The van der Waals surface area contributed by atoms with Gasteiger partial charge in [0.1, 0.15) is 11.6 Å². The fourth-order valence-electron chi connectivity index (χ4n) is 0.840. The Bertz CT molecular complexity index is 352. The van der Waals surface area contributed by atoms with E-state index in [1.54, 1.807) is 0 Å². The Hall–Kier alpha value is -1.53. The summed E-state index contributed by atoms with van der Waals surface area (Å²) in [6.45, 7) is 0.481. The fourth-order valence-corrected chi connectivity index (χ4v) is 0.840. The van der Waals surface area contributed by atoms with Gasteiger partial charge in [-0.05, 0) is 12.1 Å². The number of phenolic OH excluding ortho intramolecular Hbond substituents is 1. The first-order valence-corrected chi connectivity index (χ1v) is 3.91. The predicted molar refractivity (Wildman–Crippen MR) is 48.6 cm³/mol. The summed E-state index contributed by atoms with van der Waals surface area (Å²) in [6, 6.07) is 3.73. The van der Waals surface area contributed by atoms with Gasteiger partial charge in [-0.3, -0.25) is 0 Å². The molecule has 1 rings (SSSR count). The van der Waals surface area contributed by atoms with Crippen molar-refractivity contribution in [3.8, 4) is 17.6 Å². The number of phenols is 1. The van der Waals surface area contributed by atoms with E-state index in [9.17, 15) is 9.50 Å². The lowest BCUT2D eigenvalue weighted by Gasteiger charge is -1.95. The molecule has 0 saturated heterocycles. The molecule has 0 aliphatic carbocycles. The number of hydrogen-bond acceptors (Lipinski definition) is 2. The number of hydrogen-bond donors (Lipinski definition) is 2. The molecular weight excluding hydrogens is 169 g/mol. The maximum Gasteiger partial charge on any atom is 0.134 e. The largest absolute Gasteiger partial charge is 0.507 e. The SMILES string of the molecule is NCCC#Cc1ccc(F)cc1O. The van der Waals surface area contributed by atoms with Crippen LogP contribution in [-0.2, 0) is 0 Å². The van der Waals surface area contributed by atoms with Crippen LogP contribution in [0.25, 0.3) is 0 Å². The lowest BCUT2D eigenvalue weighted by Crippen LogP contribution is -1.95. The van der Waals surface area contributed by atoms with E-state index < -0.39 is 5.82 Å². The molecule has 0 amide bonds. The van der Waals surface area contributed by atoms with E-state index in [1.165, 1.54) is 12.1 Å². The Balaban J connectivity index is 2.85. The van der Waals surface area contributed by atoms with Gasteiger partial charge in [0.15, 0.2) is 0 Å². The van der Waals surface area contributed by atoms with Gasteiger partial charge in [-0.2, -0.15) is 0 Å². The Kier molecular flexibility index (Phi) is 3.30. The van der Waals surface area contributed by atoms with Gasteiger partial charge in [0.25, 0.3) is 0 Å². The summed E-state index contributed by atoms with van der Waals surface area (Å²) in [5.74, 6) is 4.84. The van der Waals surface area contributed by atoms with Gasteiger partial charge in [-0.1, -0.05) is 11.8 Å². The quantitative estimate of drug-likeness (QED) is 0.637. The molecule has 68 valence electrons. The Morgan fingerprint density at radius 1 is 1.46 bits per heavy atom. The fraction of sp³-hybridized carbons (Fsp3) is 0.200. The van der Waals surface area contributed by atoms with Crippen LogP contribution in [0.2, 0.25) is 0 Å². The molecule has 3 heteroatoms. The molecule has 0 aliphatic rings. The highest BCUT2D eigenvalue weighted by Gasteiger charge is 1.98. The van der Waals surface area contributed by atoms with Gasteiger partial charge in [0.2, 0.25) is 0 Å². The highest BCUT2D eigenvalue weighted by Crippen LogP contribution is 2.16. The van der Waals surface area contributed by atoms with Crippen molar-refractivity contribution in [1.82, 2.24) is 0 Å². The van der Waals surface area contributed by atoms with Crippen LogP contribution in [0.4, 0.5) is 4.39 Å². The van der Waals surface area contributed by atoms with Crippen molar-refractivity contribution < 1.29 is 9.50 Å². The predicted octanol–water partition coefficient (Wildman–Crippen LogP) is 1.23. The molecule has 0 radical (unpaired) electrons. The maximum atomic E-state index is 12.5. The zero-order valence-electron chi connectivity index (χ0n) is 7.05. The van der Waals surface area contributed by atoms with Gasteiger partial charge in [-0.25, -0.2) is 4.39 Å². The van der Waals surface area contributed by atoms with Gasteiger partial charge in [0.05, 0.1) is 5.56 Å².